The largest absolute Gasteiger partial charge is 0.374 e. The lowest BCUT2D eigenvalue weighted by atomic mass is 9.87. The molecule has 2 rings (SSSR count). The Labute approximate surface area is 79.2 Å². The Kier molecular flexibility index (Phi) is 1.70. The molecule has 2 heteroatoms. The maximum atomic E-state index is 5.95. The normalized spacial score (nSPS) is 48.5. The van der Waals surface area contributed by atoms with E-state index in [4.69, 9.17) is 9.47 Å². The Balaban J connectivity index is 2.36. The monoisotopic (exact) mass is 180 g/mol. The van der Waals surface area contributed by atoms with Crippen LogP contribution in [0.25, 0.3) is 0 Å². The summed E-state index contributed by atoms with van der Waals surface area (Å²) in [6.45, 7) is 8.19. The highest BCUT2D eigenvalue weighted by Gasteiger charge is 2.50. The number of hydrogen-bond acceptors (Lipinski definition) is 2. The molecule has 0 N–H and O–H groups in total. The molecular weight excluding hydrogens is 164 g/mol. The van der Waals surface area contributed by atoms with E-state index in [0.717, 1.165) is 12.0 Å². The van der Waals surface area contributed by atoms with E-state index >= 15 is 0 Å². The van der Waals surface area contributed by atoms with Gasteiger partial charge in [-0.3, -0.25) is 0 Å². The van der Waals surface area contributed by atoms with Gasteiger partial charge in [-0.2, -0.15) is 0 Å². The van der Waals surface area contributed by atoms with E-state index in [-0.39, 0.29) is 17.3 Å². The molecule has 0 saturated carbocycles. The van der Waals surface area contributed by atoms with Crippen LogP contribution in [0.2, 0.25) is 0 Å². The molecule has 0 unspecified atom stereocenters. The van der Waals surface area contributed by atoms with Crippen LogP contribution in [0.15, 0.2) is 24.3 Å². The average molecular weight is 180 g/mol. The maximum Gasteiger partial charge on any atom is 0.115 e. The third-order valence-corrected chi connectivity index (χ3v) is 2.93. The molecule has 2 bridgehead atoms. The van der Waals surface area contributed by atoms with Crippen LogP contribution < -0.4 is 0 Å². The minimum atomic E-state index is -0.307. The third-order valence-electron chi connectivity index (χ3n) is 2.93. The molecule has 0 amide bonds. The second kappa shape index (κ2) is 2.46. The SMILES string of the molecule is C=C1C[C@@]2(C)C=C[C@](C)(O2)[C@H]1OC. The van der Waals surface area contributed by atoms with Gasteiger partial charge >= 0.3 is 0 Å². The van der Waals surface area contributed by atoms with Crippen molar-refractivity contribution >= 4 is 0 Å². The van der Waals surface area contributed by atoms with Crippen LogP contribution in [0.3, 0.4) is 0 Å². The van der Waals surface area contributed by atoms with Gasteiger partial charge in [0.2, 0.25) is 0 Å². The zero-order chi connectivity index (χ0) is 9.69. The van der Waals surface area contributed by atoms with Gasteiger partial charge in [0.1, 0.15) is 11.7 Å². The third kappa shape index (κ3) is 1.17. The lowest BCUT2D eigenvalue weighted by Gasteiger charge is -2.42. The molecule has 3 atom stereocenters. The molecule has 0 aliphatic carbocycles. The van der Waals surface area contributed by atoms with E-state index in [9.17, 15) is 0 Å². The molecule has 0 aromatic rings. The Bertz CT molecular complexity index is 282. The fourth-order valence-corrected chi connectivity index (χ4v) is 2.50. The fraction of sp³-hybridized carbons (Fsp3) is 0.636. The van der Waals surface area contributed by atoms with Gasteiger partial charge in [0.25, 0.3) is 0 Å². The highest BCUT2D eigenvalue weighted by atomic mass is 16.6. The summed E-state index contributed by atoms with van der Waals surface area (Å²) in [6.07, 6.45) is 5.08. The lowest BCUT2D eigenvalue weighted by molar-refractivity contribution is -0.149. The first-order valence-corrected chi connectivity index (χ1v) is 4.60. The molecule has 0 aromatic carbocycles. The summed E-state index contributed by atoms with van der Waals surface area (Å²) < 4.78 is 11.4. The summed E-state index contributed by atoms with van der Waals surface area (Å²) in [5.74, 6) is 0. The van der Waals surface area contributed by atoms with E-state index in [1.807, 2.05) is 6.92 Å². The van der Waals surface area contributed by atoms with Crippen LogP contribution in [-0.2, 0) is 9.47 Å². The van der Waals surface area contributed by atoms with Crippen molar-refractivity contribution in [3.05, 3.63) is 24.3 Å². The summed E-state index contributed by atoms with van der Waals surface area (Å²) in [5, 5.41) is 0. The van der Waals surface area contributed by atoms with E-state index in [2.05, 4.69) is 25.7 Å². The fourth-order valence-electron chi connectivity index (χ4n) is 2.50. The van der Waals surface area contributed by atoms with Crippen molar-refractivity contribution < 1.29 is 9.47 Å². The first kappa shape index (κ1) is 8.97. The van der Waals surface area contributed by atoms with Crippen molar-refractivity contribution in [1.82, 2.24) is 0 Å². The molecule has 1 saturated heterocycles. The van der Waals surface area contributed by atoms with Crippen molar-refractivity contribution in [2.45, 2.75) is 37.6 Å². The van der Waals surface area contributed by atoms with Gasteiger partial charge in [0, 0.05) is 13.5 Å². The second-order valence-corrected chi connectivity index (χ2v) is 4.38. The number of hydrogen-bond donors (Lipinski definition) is 0. The second-order valence-electron chi connectivity index (χ2n) is 4.38. The van der Waals surface area contributed by atoms with Crippen molar-refractivity contribution in [3.8, 4) is 0 Å². The van der Waals surface area contributed by atoms with Gasteiger partial charge in [0.05, 0.1) is 5.60 Å². The van der Waals surface area contributed by atoms with Gasteiger partial charge < -0.3 is 9.47 Å². The topological polar surface area (TPSA) is 18.5 Å². The molecule has 0 radical (unpaired) electrons. The Morgan fingerprint density at radius 2 is 2.23 bits per heavy atom. The first-order valence-electron chi connectivity index (χ1n) is 4.60. The van der Waals surface area contributed by atoms with Crippen molar-refractivity contribution in [1.29, 1.82) is 0 Å². The van der Waals surface area contributed by atoms with Crippen molar-refractivity contribution in [3.63, 3.8) is 0 Å². The molecule has 0 aromatic heterocycles. The first-order chi connectivity index (χ1) is 5.99. The van der Waals surface area contributed by atoms with Crippen LogP contribution in [-0.4, -0.2) is 24.4 Å². The minimum absolute atomic E-state index is 0.000625. The lowest BCUT2D eigenvalue weighted by Crippen LogP contribution is -2.49. The van der Waals surface area contributed by atoms with Gasteiger partial charge in [-0.1, -0.05) is 18.7 Å². The minimum Gasteiger partial charge on any atom is -0.374 e. The summed E-state index contributed by atoms with van der Waals surface area (Å²) in [7, 11) is 1.71. The van der Waals surface area contributed by atoms with Gasteiger partial charge in [-0.05, 0) is 19.4 Å². The molecule has 72 valence electrons. The van der Waals surface area contributed by atoms with Crippen LogP contribution in [0.5, 0.6) is 0 Å². The van der Waals surface area contributed by atoms with E-state index in [1.165, 1.54) is 0 Å². The molecule has 13 heavy (non-hydrogen) atoms. The van der Waals surface area contributed by atoms with Crippen LogP contribution in [0.4, 0.5) is 0 Å². The van der Waals surface area contributed by atoms with E-state index in [0.29, 0.717) is 0 Å². The quantitative estimate of drug-likeness (QED) is 0.575. The van der Waals surface area contributed by atoms with E-state index < -0.39 is 0 Å². The number of fused-ring (bicyclic) bond motifs is 2. The van der Waals surface area contributed by atoms with Crippen molar-refractivity contribution in [2.24, 2.45) is 0 Å². The van der Waals surface area contributed by atoms with Crippen molar-refractivity contribution in [2.75, 3.05) is 7.11 Å². The summed E-state index contributed by atoms with van der Waals surface area (Å²) in [5.41, 5.74) is 0.670. The maximum absolute atomic E-state index is 5.95. The Morgan fingerprint density at radius 1 is 1.54 bits per heavy atom. The molecular formula is C11H16O2. The predicted molar refractivity (Wildman–Crippen MR) is 51.6 cm³/mol. The Morgan fingerprint density at radius 3 is 2.85 bits per heavy atom. The van der Waals surface area contributed by atoms with Crippen LogP contribution in [0, 0.1) is 0 Å². The summed E-state index contributed by atoms with van der Waals surface area (Å²) in [4.78, 5) is 0. The molecule has 1 fully saturated rings. The van der Waals surface area contributed by atoms with Gasteiger partial charge in [-0.15, -0.1) is 0 Å². The van der Waals surface area contributed by atoms with Crippen LogP contribution in [0.1, 0.15) is 20.3 Å². The molecule has 2 heterocycles. The smallest absolute Gasteiger partial charge is 0.115 e. The molecule has 2 aliphatic heterocycles. The van der Waals surface area contributed by atoms with Gasteiger partial charge in [0.15, 0.2) is 0 Å². The molecule has 0 spiro atoms. The predicted octanol–water partition coefficient (Wildman–Crippen LogP) is 2.07. The standard InChI is InChI=1S/C11H16O2/c1-8-7-10(2)5-6-11(3,13-10)9(8)12-4/h5-6,9H,1,7H2,2-4H3/t9-,10+,11-/m0/s1. The van der Waals surface area contributed by atoms with E-state index in [1.54, 1.807) is 7.11 Å². The molecule has 2 aliphatic rings. The highest BCUT2D eigenvalue weighted by Crippen LogP contribution is 2.45. The number of methoxy groups -OCH3 is 1. The average Bonchev–Trinajstić information content (AvgIpc) is 2.24. The summed E-state index contributed by atoms with van der Waals surface area (Å²) >= 11 is 0. The van der Waals surface area contributed by atoms with Crippen LogP contribution >= 0.6 is 0 Å². The molecule has 2 nitrogen and oxygen atoms in total. The Hall–Kier alpha value is -0.600. The summed E-state index contributed by atoms with van der Waals surface area (Å²) in [6, 6.07) is 0. The zero-order valence-corrected chi connectivity index (χ0v) is 8.46. The number of rotatable bonds is 1. The number of ether oxygens (including phenoxy) is 2. The zero-order valence-electron chi connectivity index (χ0n) is 8.46. The highest BCUT2D eigenvalue weighted by molar-refractivity contribution is 5.31. The van der Waals surface area contributed by atoms with Gasteiger partial charge in [-0.25, -0.2) is 0 Å².